The van der Waals surface area contributed by atoms with Crippen molar-refractivity contribution in [3.63, 3.8) is 0 Å². The molecular formula is C18H17BrClN3O2. The molecule has 2 aromatic carbocycles. The van der Waals surface area contributed by atoms with Crippen molar-refractivity contribution in [1.82, 2.24) is 15.5 Å². The Morgan fingerprint density at radius 3 is 2.76 bits per heavy atom. The van der Waals surface area contributed by atoms with E-state index in [4.69, 9.17) is 20.8 Å². The number of hydrogen-bond donors (Lipinski definition) is 1. The van der Waals surface area contributed by atoms with E-state index in [0.717, 1.165) is 21.3 Å². The average molecular weight is 423 g/mol. The molecule has 1 N–H and O–H groups in total. The molecule has 0 aliphatic rings. The molecule has 0 fully saturated rings. The lowest BCUT2D eigenvalue weighted by Crippen LogP contribution is -2.18. The molecule has 0 bridgehead atoms. The molecule has 3 aromatic rings. The van der Waals surface area contributed by atoms with Gasteiger partial charge in [0.2, 0.25) is 11.8 Å². The summed E-state index contributed by atoms with van der Waals surface area (Å²) in [6.45, 7) is 2.53. The van der Waals surface area contributed by atoms with Crippen LogP contribution in [0.15, 0.2) is 51.4 Å². The first-order valence-corrected chi connectivity index (χ1v) is 8.89. The third-order valence-electron chi connectivity index (χ3n) is 3.81. The van der Waals surface area contributed by atoms with Gasteiger partial charge in [0.15, 0.2) is 0 Å². The fourth-order valence-electron chi connectivity index (χ4n) is 2.38. The Balaban J connectivity index is 1.66. The second-order valence-electron chi connectivity index (χ2n) is 5.48. The predicted octanol–water partition coefficient (Wildman–Crippen LogP) is 5.01. The summed E-state index contributed by atoms with van der Waals surface area (Å²) in [5.41, 5.74) is 1.86. The molecule has 7 heteroatoms. The molecule has 25 heavy (non-hydrogen) atoms. The molecule has 0 aliphatic carbocycles. The van der Waals surface area contributed by atoms with Crippen LogP contribution >= 0.6 is 27.5 Å². The molecule has 5 nitrogen and oxygen atoms in total. The second-order valence-corrected chi connectivity index (χ2v) is 6.74. The molecule has 0 spiro atoms. The lowest BCUT2D eigenvalue weighted by atomic mass is 10.1. The van der Waals surface area contributed by atoms with Crippen LogP contribution < -0.4 is 10.1 Å². The Morgan fingerprint density at radius 2 is 2.04 bits per heavy atom. The molecule has 3 rings (SSSR count). The van der Waals surface area contributed by atoms with E-state index in [0.29, 0.717) is 23.3 Å². The quantitative estimate of drug-likeness (QED) is 0.605. The number of benzene rings is 2. The van der Waals surface area contributed by atoms with E-state index < -0.39 is 0 Å². The first-order valence-electron chi connectivity index (χ1n) is 7.72. The molecule has 1 heterocycles. The minimum Gasteiger partial charge on any atom is -0.496 e. The van der Waals surface area contributed by atoms with Gasteiger partial charge in [-0.05, 0) is 52.7 Å². The van der Waals surface area contributed by atoms with Crippen LogP contribution in [0.1, 0.15) is 24.4 Å². The topological polar surface area (TPSA) is 60.2 Å². The third kappa shape index (κ3) is 4.21. The van der Waals surface area contributed by atoms with Crippen LogP contribution in [0.4, 0.5) is 0 Å². The van der Waals surface area contributed by atoms with Gasteiger partial charge in [-0.3, -0.25) is 0 Å². The van der Waals surface area contributed by atoms with Gasteiger partial charge in [0, 0.05) is 6.04 Å². The molecule has 130 valence electrons. The lowest BCUT2D eigenvalue weighted by molar-refractivity contribution is 0.411. The van der Waals surface area contributed by atoms with E-state index in [2.05, 4.69) is 38.4 Å². The van der Waals surface area contributed by atoms with E-state index in [9.17, 15) is 0 Å². The summed E-state index contributed by atoms with van der Waals surface area (Å²) in [5, 5.41) is 12.1. The van der Waals surface area contributed by atoms with Gasteiger partial charge in [0.05, 0.1) is 28.7 Å². The van der Waals surface area contributed by atoms with Gasteiger partial charge < -0.3 is 14.5 Å². The highest BCUT2D eigenvalue weighted by Crippen LogP contribution is 2.28. The van der Waals surface area contributed by atoms with E-state index in [-0.39, 0.29) is 6.04 Å². The molecule has 1 aromatic heterocycles. The number of ether oxygens (including phenoxy) is 1. The molecule has 1 atom stereocenters. The van der Waals surface area contributed by atoms with Crippen LogP contribution in [0.2, 0.25) is 5.02 Å². The van der Waals surface area contributed by atoms with Crippen LogP contribution in [-0.4, -0.2) is 17.3 Å². The average Bonchev–Trinajstić information content (AvgIpc) is 3.08. The minimum atomic E-state index is 0.109. The Kier molecular flexibility index (Phi) is 5.73. The summed E-state index contributed by atoms with van der Waals surface area (Å²) in [6, 6.07) is 13.5. The van der Waals surface area contributed by atoms with Gasteiger partial charge in [-0.1, -0.05) is 29.8 Å². The van der Waals surface area contributed by atoms with E-state index in [1.165, 1.54) is 0 Å². The summed E-state index contributed by atoms with van der Waals surface area (Å²) < 4.78 is 11.9. The van der Waals surface area contributed by atoms with Crippen molar-refractivity contribution >= 4 is 27.5 Å². The zero-order valence-electron chi connectivity index (χ0n) is 13.8. The zero-order valence-corrected chi connectivity index (χ0v) is 16.1. The highest BCUT2D eigenvalue weighted by molar-refractivity contribution is 9.10. The fraction of sp³-hybridized carbons (Fsp3) is 0.222. The molecule has 0 amide bonds. The molecule has 0 saturated carbocycles. The van der Waals surface area contributed by atoms with Crippen LogP contribution in [0, 0.1) is 0 Å². The summed E-state index contributed by atoms with van der Waals surface area (Å²) in [5.74, 6) is 1.73. The van der Waals surface area contributed by atoms with E-state index >= 15 is 0 Å². The minimum absolute atomic E-state index is 0.109. The van der Waals surface area contributed by atoms with Crippen molar-refractivity contribution in [2.45, 2.75) is 19.5 Å². The molecule has 0 aliphatic heterocycles. The van der Waals surface area contributed by atoms with Crippen LogP contribution in [0.3, 0.4) is 0 Å². The number of hydrogen-bond acceptors (Lipinski definition) is 5. The van der Waals surface area contributed by atoms with Gasteiger partial charge >= 0.3 is 0 Å². The Labute approximate surface area is 159 Å². The van der Waals surface area contributed by atoms with Gasteiger partial charge in [-0.25, -0.2) is 0 Å². The maximum absolute atomic E-state index is 6.16. The smallest absolute Gasteiger partial charge is 0.249 e. The maximum atomic E-state index is 6.16. The van der Waals surface area contributed by atoms with Crippen molar-refractivity contribution in [3.05, 3.63) is 63.4 Å². The normalized spacial score (nSPS) is 12.2. The summed E-state index contributed by atoms with van der Waals surface area (Å²) in [4.78, 5) is 0. The number of rotatable bonds is 6. The first-order chi connectivity index (χ1) is 12.1. The highest BCUT2D eigenvalue weighted by Gasteiger charge is 2.13. The van der Waals surface area contributed by atoms with Crippen molar-refractivity contribution in [3.8, 4) is 17.2 Å². The van der Waals surface area contributed by atoms with Crippen molar-refractivity contribution in [2.75, 3.05) is 7.11 Å². The maximum Gasteiger partial charge on any atom is 0.249 e. The number of methoxy groups -OCH3 is 1. The predicted molar refractivity (Wildman–Crippen MR) is 101 cm³/mol. The van der Waals surface area contributed by atoms with Crippen LogP contribution in [-0.2, 0) is 6.54 Å². The molecule has 0 saturated heterocycles. The van der Waals surface area contributed by atoms with Crippen LogP contribution in [0.5, 0.6) is 5.75 Å². The monoisotopic (exact) mass is 421 g/mol. The van der Waals surface area contributed by atoms with Crippen molar-refractivity contribution in [2.24, 2.45) is 0 Å². The standard InChI is InChI=1S/C18H17BrClN3O2/c1-11(12-7-8-16(24-2)14(19)9-12)21-10-17-22-23-18(25-17)13-5-3-4-6-15(13)20/h3-9,11,21H,10H2,1-2H3. The Hall–Kier alpha value is -1.89. The van der Waals surface area contributed by atoms with Crippen LogP contribution in [0.25, 0.3) is 11.5 Å². The Bertz CT molecular complexity index is 869. The van der Waals surface area contributed by atoms with Gasteiger partial charge in [0.1, 0.15) is 5.75 Å². The van der Waals surface area contributed by atoms with E-state index in [1.54, 1.807) is 13.2 Å². The largest absolute Gasteiger partial charge is 0.496 e. The second kappa shape index (κ2) is 7.99. The summed E-state index contributed by atoms with van der Waals surface area (Å²) in [7, 11) is 1.65. The molecule has 1 unspecified atom stereocenters. The number of halogens is 2. The first kappa shape index (κ1) is 17.9. The highest BCUT2D eigenvalue weighted by atomic mass is 79.9. The van der Waals surface area contributed by atoms with Gasteiger partial charge in [0.25, 0.3) is 0 Å². The zero-order chi connectivity index (χ0) is 17.8. The lowest BCUT2D eigenvalue weighted by Gasteiger charge is -2.14. The Morgan fingerprint density at radius 1 is 1.24 bits per heavy atom. The number of nitrogens with zero attached hydrogens (tertiary/aromatic N) is 2. The molecule has 0 radical (unpaired) electrons. The van der Waals surface area contributed by atoms with E-state index in [1.807, 2.05) is 36.4 Å². The number of nitrogens with one attached hydrogen (secondary N) is 1. The van der Waals surface area contributed by atoms with Gasteiger partial charge in [-0.2, -0.15) is 0 Å². The number of aromatic nitrogens is 2. The summed E-state index contributed by atoms with van der Waals surface area (Å²) >= 11 is 9.66. The molecular weight excluding hydrogens is 406 g/mol. The third-order valence-corrected chi connectivity index (χ3v) is 4.76. The summed E-state index contributed by atoms with van der Waals surface area (Å²) in [6.07, 6.45) is 0. The van der Waals surface area contributed by atoms with Crippen molar-refractivity contribution in [1.29, 1.82) is 0 Å². The SMILES string of the molecule is COc1ccc(C(C)NCc2nnc(-c3ccccc3Cl)o2)cc1Br. The van der Waals surface area contributed by atoms with Crippen molar-refractivity contribution < 1.29 is 9.15 Å². The van der Waals surface area contributed by atoms with Gasteiger partial charge in [-0.15, -0.1) is 10.2 Å². The fourth-order valence-corrected chi connectivity index (χ4v) is 3.15.